The molecule has 0 saturated heterocycles. The lowest BCUT2D eigenvalue weighted by atomic mass is 9.81. The molecule has 0 saturated carbocycles. The Morgan fingerprint density at radius 3 is 2.25 bits per heavy atom. The van der Waals surface area contributed by atoms with Gasteiger partial charge < -0.3 is 20.5 Å². The van der Waals surface area contributed by atoms with Gasteiger partial charge in [0.15, 0.2) is 0 Å². The molecule has 0 spiro atoms. The quantitative estimate of drug-likeness (QED) is 0.441. The van der Waals surface area contributed by atoms with Gasteiger partial charge in [-0.2, -0.15) is 5.26 Å². The molecule has 9 nitrogen and oxygen atoms in total. The van der Waals surface area contributed by atoms with Crippen molar-refractivity contribution < 1.29 is 23.9 Å². The van der Waals surface area contributed by atoms with Gasteiger partial charge in [0.05, 0.1) is 37.4 Å². The molecule has 3 N–H and O–H groups in total. The standard InChI is InChI=1S/C31H28N4O5/c1-18-10-8-15-24(19(18)2)34-29(36)21-13-9-14-22(16-21)35-27(31(38)40-4)26(30(37)39-3)25(23(17-32)28(35)33)20-11-6-5-7-12-20/h5-16,25H,33H2,1-4H3,(H,34,36). The van der Waals surface area contributed by atoms with Crippen LogP contribution in [0.1, 0.15) is 33.0 Å². The van der Waals surface area contributed by atoms with Crippen LogP contribution in [0.2, 0.25) is 0 Å². The molecule has 1 aliphatic heterocycles. The van der Waals surface area contributed by atoms with Crippen molar-refractivity contribution in [2.45, 2.75) is 19.8 Å². The van der Waals surface area contributed by atoms with E-state index in [4.69, 9.17) is 15.2 Å². The Bertz CT molecular complexity index is 1600. The summed E-state index contributed by atoms with van der Waals surface area (Å²) >= 11 is 0. The lowest BCUT2D eigenvalue weighted by Crippen LogP contribution is -2.40. The average Bonchev–Trinajstić information content (AvgIpc) is 2.98. The van der Waals surface area contributed by atoms with Crippen LogP contribution in [0.25, 0.3) is 0 Å². The molecule has 1 heterocycles. The molecule has 0 aliphatic carbocycles. The highest BCUT2D eigenvalue weighted by atomic mass is 16.5. The summed E-state index contributed by atoms with van der Waals surface area (Å²) in [7, 11) is 2.36. The Morgan fingerprint density at radius 1 is 0.925 bits per heavy atom. The molecule has 202 valence electrons. The number of aryl methyl sites for hydroxylation is 1. The molecule has 4 rings (SSSR count). The SMILES string of the molecule is COC(=O)C1=C(C(=O)OC)N(c2cccc(C(=O)Nc3cccc(C)c3C)c2)C(N)=C(C#N)C1c1ccccc1. The molecule has 0 bridgehead atoms. The van der Waals surface area contributed by atoms with Crippen LogP contribution in [0.5, 0.6) is 0 Å². The van der Waals surface area contributed by atoms with E-state index in [1.165, 1.54) is 25.2 Å². The van der Waals surface area contributed by atoms with Crippen LogP contribution < -0.4 is 16.0 Å². The van der Waals surface area contributed by atoms with E-state index in [0.29, 0.717) is 11.3 Å². The van der Waals surface area contributed by atoms with Crippen LogP contribution in [0.3, 0.4) is 0 Å². The number of hydrogen-bond donors (Lipinski definition) is 2. The largest absolute Gasteiger partial charge is 0.466 e. The fourth-order valence-electron chi connectivity index (χ4n) is 4.65. The number of carbonyl (C=O) groups is 3. The summed E-state index contributed by atoms with van der Waals surface area (Å²) < 4.78 is 10.1. The van der Waals surface area contributed by atoms with Crippen LogP contribution in [0.4, 0.5) is 11.4 Å². The molecule has 0 aromatic heterocycles. The minimum absolute atomic E-state index is 0.0319. The third-order valence-electron chi connectivity index (χ3n) is 6.83. The summed E-state index contributed by atoms with van der Waals surface area (Å²) in [5, 5.41) is 13.1. The molecule has 0 radical (unpaired) electrons. The number of nitriles is 1. The molecular formula is C31H28N4O5. The van der Waals surface area contributed by atoms with E-state index < -0.39 is 23.8 Å². The van der Waals surface area contributed by atoms with Crippen molar-refractivity contribution in [3.05, 3.63) is 118 Å². The number of benzene rings is 3. The fraction of sp³-hybridized carbons (Fsp3) is 0.161. The molecule has 3 aromatic carbocycles. The van der Waals surface area contributed by atoms with Gasteiger partial charge in [-0.05, 0) is 54.8 Å². The maximum absolute atomic E-state index is 13.3. The molecule has 9 heteroatoms. The van der Waals surface area contributed by atoms with Gasteiger partial charge in [0, 0.05) is 16.9 Å². The number of nitrogens with one attached hydrogen (secondary N) is 1. The first kappa shape index (κ1) is 27.7. The topological polar surface area (TPSA) is 135 Å². The van der Waals surface area contributed by atoms with E-state index in [0.717, 1.165) is 11.1 Å². The summed E-state index contributed by atoms with van der Waals surface area (Å²) in [4.78, 5) is 41.0. The molecule has 1 amide bonds. The number of rotatable bonds is 6. The minimum atomic E-state index is -0.986. The first-order valence-electron chi connectivity index (χ1n) is 12.4. The molecule has 40 heavy (non-hydrogen) atoms. The number of anilines is 2. The van der Waals surface area contributed by atoms with Crippen molar-refractivity contribution in [1.29, 1.82) is 5.26 Å². The number of amides is 1. The number of nitrogens with zero attached hydrogens (tertiary/aromatic N) is 2. The summed E-state index contributed by atoms with van der Waals surface area (Å²) in [6, 6.07) is 22.8. The Labute approximate surface area is 232 Å². The lowest BCUT2D eigenvalue weighted by Gasteiger charge is -2.36. The Morgan fingerprint density at radius 2 is 1.60 bits per heavy atom. The molecular weight excluding hydrogens is 508 g/mol. The van der Waals surface area contributed by atoms with Gasteiger partial charge >= 0.3 is 11.9 Å². The summed E-state index contributed by atoms with van der Waals surface area (Å²) in [5.74, 6) is -3.17. The van der Waals surface area contributed by atoms with Crippen molar-refractivity contribution >= 4 is 29.2 Å². The number of nitrogens with two attached hydrogens (primary N) is 1. The number of carbonyl (C=O) groups excluding carboxylic acids is 3. The predicted octanol–water partition coefficient (Wildman–Crippen LogP) is 4.45. The highest BCUT2D eigenvalue weighted by Crippen LogP contribution is 2.43. The van der Waals surface area contributed by atoms with E-state index in [1.54, 1.807) is 54.6 Å². The van der Waals surface area contributed by atoms with Crippen LogP contribution in [-0.4, -0.2) is 32.1 Å². The second kappa shape index (κ2) is 11.6. The molecule has 1 unspecified atom stereocenters. The van der Waals surface area contributed by atoms with Gasteiger partial charge in [0.2, 0.25) is 0 Å². The number of ether oxygens (including phenoxy) is 2. The smallest absolute Gasteiger partial charge is 0.355 e. The fourth-order valence-corrected chi connectivity index (χ4v) is 4.65. The van der Waals surface area contributed by atoms with E-state index in [1.807, 2.05) is 26.0 Å². The van der Waals surface area contributed by atoms with E-state index in [9.17, 15) is 19.6 Å². The van der Waals surface area contributed by atoms with Gasteiger partial charge in [0.1, 0.15) is 11.5 Å². The van der Waals surface area contributed by atoms with Crippen LogP contribution >= 0.6 is 0 Å². The summed E-state index contributed by atoms with van der Waals surface area (Å²) in [6.45, 7) is 3.86. The van der Waals surface area contributed by atoms with Gasteiger partial charge in [-0.1, -0.05) is 48.5 Å². The van der Waals surface area contributed by atoms with Crippen molar-refractivity contribution in [3.8, 4) is 6.07 Å². The number of methoxy groups -OCH3 is 2. The van der Waals surface area contributed by atoms with Gasteiger partial charge in [-0.15, -0.1) is 0 Å². The average molecular weight is 537 g/mol. The third-order valence-corrected chi connectivity index (χ3v) is 6.83. The second-order valence-electron chi connectivity index (χ2n) is 9.09. The minimum Gasteiger partial charge on any atom is -0.466 e. The lowest BCUT2D eigenvalue weighted by molar-refractivity contribution is -0.139. The van der Waals surface area contributed by atoms with Crippen LogP contribution in [-0.2, 0) is 19.1 Å². The third kappa shape index (κ3) is 5.02. The Hall–Kier alpha value is -5.36. The van der Waals surface area contributed by atoms with E-state index >= 15 is 0 Å². The zero-order valence-corrected chi connectivity index (χ0v) is 22.5. The zero-order chi connectivity index (χ0) is 29.0. The normalized spacial score (nSPS) is 14.9. The zero-order valence-electron chi connectivity index (χ0n) is 22.5. The van der Waals surface area contributed by atoms with Crippen LogP contribution in [0, 0.1) is 25.2 Å². The van der Waals surface area contributed by atoms with Crippen molar-refractivity contribution in [3.63, 3.8) is 0 Å². The second-order valence-corrected chi connectivity index (χ2v) is 9.09. The van der Waals surface area contributed by atoms with E-state index in [2.05, 4.69) is 11.4 Å². The maximum atomic E-state index is 13.3. The molecule has 1 atom stereocenters. The highest BCUT2D eigenvalue weighted by Gasteiger charge is 2.43. The first-order valence-corrected chi connectivity index (χ1v) is 12.4. The van der Waals surface area contributed by atoms with Crippen molar-refractivity contribution in [2.75, 3.05) is 24.4 Å². The number of hydrogen-bond acceptors (Lipinski definition) is 8. The molecule has 0 fully saturated rings. The maximum Gasteiger partial charge on any atom is 0.355 e. The highest BCUT2D eigenvalue weighted by molar-refractivity contribution is 6.08. The van der Waals surface area contributed by atoms with Crippen molar-refractivity contribution in [1.82, 2.24) is 0 Å². The first-order chi connectivity index (χ1) is 19.2. The summed E-state index contributed by atoms with van der Waals surface area (Å²) in [6.07, 6.45) is 0. The predicted molar refractivity (Wildman–Crippen MR) is 150 cm³/mol. The molecule has 1 aliphatic rings. The van der Waals surface area contributed by atoms with Gasteiger partial charge in [0.25, 0.3) is 5.91 Å². The van der Waals surface area contributed by atoms with Gasteiger partial charge in [-0.25, -0.2) is 9.59 Å². The monoisotopic (exact) mass is 536 g/mol. The van der Waals surface area contributed by atoms with Gasteiger partial charge in [-0.3, -0.25) is 9.69 Å². The number of allylic oxidation sites excluding steroid dienone is 1. The Kier molecular flexibility index (Phi) is 8.01. The van der Waals surface area contributed by atoms with Crippen LogP contribution in [0.15, 0.2) is 95.5 Å². The molecule has 3 aromatic rings. The van der Waals surface area contributed by atoms with E-state index in [-0.39, 0.29) is 33.9 Å². The summed E-state index contributed by atoms with van der Waals surface area (Å²) in [5.41, 5.74) is 9.97. The van der Waals surface area contributed by atoms with Crippen molar-refractivity contribution in [2.24, 2.45) is 5.73 Å². The Balaban J connectivity index is 1.90. The number of esters is 2.